The molecule has 1 aliphatic heterocycles. The van der Waals surface area contributed by atoms with E-state index in [1.807, 2.05) is 6.07 Å². The molecule has 4 rings (SSSR count). The van der Waals surface area contributed by atoms with Crippen molar-refractivity contribution in [3.05, 3.63) is 30.3 Å². The van der Waals surface area contributed by atoms with Crippen LogP contribution in [0.15, 0.2) is 35.2 Å². The van der Waals surface area contributed by atoms with Gasteiger partial charge < -0.3 is 9.47 Å². The third-order valence-corrected chi connectivity index (χ3v) is 12.0. The van der Waals surface area contributed by atoms with Gasteiger partial charge in [-0.05, 0) is 63.1 Å². The van der Waals surface area contributed by atoms with Crippen molar-refractivity contribution in [3.8, 4) is 11.5 Å². The fraction of sp³-hybridized carbons (Fsp3) is 0.583. The number of sulfonamides is 1. The molecule has 2 aromatic carbocycles. The number of benzene rings is 2. The van der Waals surface area contributed by atoms with E-state index in [1.165, 1.54) is 6.07 Å². The monoisotopic (exact) mass is 652 g/mol. The summed E-state index contributed by atoms with van der Waals surface area (Å²) in [5, 5.41) is 1.13. The van der Waals surface area contributed by atoms with Gasteiger partial charge in [-0.15, -0.1) is 0 Å². The molecule has 230 valence electrons. The number of ether oxygens (including phenoxy) is 2. The second-order valence-electron chi connectivity index (χ2n) is 9.71. The van der Waals surface area contributed by atoms with Crippen molar-refractivity contribution in [1.82, 2.24) is 4.13 Å². The molecule has 0 radical (unpaired) electrons. The SMILES string of the molecule is O=S(=O)(NS(=O)(=O)C(F)(F)F)OC1CCC(Oc2ccc([S+]3CCCCC3)c3c(OCC(F)(F)F)cccc23)CC1. The molecule has 2 fully saturated rings. The molecule has 0 spiro atoms. The van der Waals surface area contributed by atoms with Crippen LogP contribution in [0.5, 0.6) is 11.5 Å². The van der Waals surface area contributed by atoms with Gasteiger partial charge in [-0.25, -0.2) is 8.42 Å². The molecule has 8 nitrogen and oxygen atoms in total. The van der Waals surface area contributed by atoms with Crippen molar-refractivity contribution >= 4 is 42.0 Å². The van der Waals surface area contributed by atoms with Gasteiger partial charge in [-0.2, -0.15) is 34.8 Å². The maximum absolute atomic E-state index is 13.0. The highest BCUT2D eigenvalue weighted by Crippen LogP contribution is 2.41. The Bertz CT molecular complexity index is 1430. The molecule has 0 atom stereocenters. The zero-order valence-corrected chi connectivity index (χ0v) is 23.9. The third kappa shape index (κ3) is 8.33. The van der Waals surface area contributed by atoms with Gasteiger partial charge >= 0.3 is 32.0 Å². The highest BCUT2D eigenvalue weighted by Gasteiger charge is 2.49. The van der Waals surface area contributed by atoms with E-state index in [0.29, 0.717) is 20.6 Å². The summed E-state index contributed by atoms with van der Waals surface area (Å²) in [6, 6.07) is 8.40. The van der Waals surface area contributed by atoms with Crippen LogP contribution >= 0.6 is 0 Å². The predicted molar refractivity (Wildman–Crippen MR) is 140 cm³/mol. The number of nitrogens with one attached hydrogen (secondary N) is 1. The first-order valence-corrected chi connectivity index (χ1v) is 17.1. The fourth-order valence-electron chi connectivity index (χ4n) is 4.80. The first-order chi connectivity index (χ1) is 19.0. The maximum atomic E-state index is 13.0. The molecule has 1 heterocycles. The second kappa shape index (κ2) is 12.3. The molecular weight excluding hydrogens is 624 g/mol. The van der Waals surface area contributed by atoms with Crippen molar-refractivity contribution in [3.63, 3.8) is 0 Å². The standard InChI is InChI=1S/C24H28F6NO7S3/c25-23(26,27)15-36-20-6-4-5-18-19(11-12-21(22(18)20)39-13-2-1-3-14-39)37-16-7-9-17(10-8-16)38-41(34,35)31-40(32,33)24(28,29)30/h4-6,11-12,16-17,31H,1-3,7-10,13-15H2/q+1. The maximum Gasteiger partial charge on any atom is 0.512 e. The predicted octanol–water partition coefficient (Wildman–Crippen LogP) is 5.33. The summed E-state index contributed by atoms with van der Waals surface area (Å²) in [4.78, 5) is 0.911. The van der Waals surface area contributed by atoms with E-state index in [0.717, 1.165) is 35.7 Å². The van der Waals surface area contributed by atoms with Crippen LogP contribution in [0, 0.1) is 0 Å². The molecule has 1 saturated carbocycles. The van der Waals surface area contributed by atoms with Gasteiger partial charge in [-0.1, -0.05) is 16.3 Å². The largest absolute Gasteiger partial charge is 0.512 e. The van der Waals surface area contributed by atoms with E-state index >= 15 is 0 Å². The van der Waals surface area contributed by atoms with Crippen LogP contribution in [-0.2, 0) is 35.4 Å². The van der Waals surface area contributed by atoms with E-state index in [1.54, 1.807) is 18.2 Å². The first kappa shape index (κ1) is 32.0. The summed E-state index contributed by atoms with van der Waals surface area (Å²) >= 11 is 0. The zero-order valence-electron chi connectivity index (χ0n) is 21.5. The van der Waals surface area contributed by atoms with Gasteiger partial charge in [-0.3, -0.25) is 4.18 Å². The Labute approximate surface area is 236 Å². The Morgan fingerprint density at radius 1 is 0.829 bits per heavy atom. The zero-order chi connectivity index (χ0) is 30.1. The Morgan fingerprint density at radius 3 is 2.07 bits per heavy atom. The highest BCUT2D eigenvalue weighted by atomic mass is 32.3. The van der Waals surface area contributed by atoms with Crippen LogP contribution in [-0.4, -0.2) is 58.8 Å². The van der Waals surface area contributed by atoms with Crippen molar-refractivity contribution in [1.29, 1.82) is 0 Å². The van der Waals surface area contributed by atoms with Crippen molar-refractivity contribution in [2.45, 2.75) is 73.7 Å². The van der Waals surface area contributed by atoms with E-state index in [2.05, 4.69) is 4.18 Å². The molecule has 0 unspecified atom stereocenters. The van der Waals surface area contributed by atoms with Crippen molar-refractivity contribution in [2.24, 2.45) is 0 Å². The lowest BCUT2D eigenvalue weighted by Gasteiger charge is -2.29. The van der Waals surface area contributed by atoms with Crippen LogP contribution < -0.4 is 13.6 Å². The third-order valence-electron chi connectivity index (χ3n) is 6.60. The summed E-state index contributed by atoms with van der Waals surface area (Å²) in [6.07, 6.45) is -2.39. The van der Waals surface area contributed by atoms with Gasteiger partial charge in [0.2, 0.25) is 0 Å². The minimum atomic E-state index is -6.17. The molecule has 41 heavy (non-hydrogen) atoms. The van der Waals surface area contributed by atoms with Gasteiger partial charge in [0.1, 0.15) is 23.0 Å². The lowest BCUT2D eigenvalue weighted by molar-refractivity contribution is -0.153. The Balaban J connectivity index is 1.49. The van der Waals surface area contributed by atoms with E-state index < -0.39 is 50.8 Å². The quantitative estimate of drug-likeness (QED) is 0.288. The topological polar surface area (TPSA) is 108 Å². The fourth-order valence-corrected chi connectivity index (χ4v) is 9.47. The van der Waals surface area contributed by atoms with Crippen LogP contribution in [0.4, 0.5) is 26.3 Å². The molecular formula is C24H28F6NO7S3+. The molecule has 0 aromatic heterocycles. The Hall–Kier alpha value is -1.95. The average molecular weight is 653 g/mol. The van der Waals surface area contributed by atoms with E-state index in [4.69, 9.17) is 9.47 Å². The van der Waals surface area contributed by atoms with Gasteiger partial charge in [0.25, 0.3) is 0 Å². The van der Waals surface area contributed by atoms with E-state index in [-0.39, 0.29) is 42.3 Å². The molecule has 1 N–H and O–H groups in total. The van der Waals surface area contributed by atoms with E-state index in [9.17, 15) is 43.2 Å². The van der Waals surface area contributed by atoms with Crippen molar-refractivity contribution < 1.29 is 56.8 Å². The highest BCUT2D eigenvalue weighted by molar-refractivity contribution is 8.03. The molecule has 0 bridgehead atoms. The first-order valence-electron chi connectivity index (χ1n) is 12.7. The number of alkyl halides is 6. The lowest BCUT2D eigenvalue weighted by atomic mass is 9.95. The summed E-state index contributed by atoms with van der Waals surface area (Å²) in [7, 11) is -11.6. The molecule has 1 aliphatic carbocycles. The summed E-state index contributed by atoms with van der Waals surface area (Å²) < 4.78 is 139. The lowest BCUT2D eigenvalue weighted by Crippen LogP contribution is -2.42. The Morgan fingerprint density at radius 2 is 1.46 bits per heavy atom. The second-order valence-corrected chi connectivity index (χ2v) is 15.2. The van der Waals surface area contributed by atoms with Crippen LogP contribution in [0.3, 0.4) is 0 Å². The normalized spacial score (nSPS) is 21.6. The summed E-state index contributed by atoms with van der Waals surface area (Å²) in [6.45, 7) is -1.45. The van der Waals surface area contributed by atoms with Crippen molar-refractivity contribution in [2.75, 3.05) is 18.1 Å². The molecule has 1 saturated heterocycles. The number of rotatable bonds is 9. The smallest absolute Gasteiger partial charge is 0.490 e. The van der Waals surface area contributed by atoms with Gasteiger partial charge in [0.15, 0.2) is 11.5 Å². The van der Waals surface area contributed by atoms with Gasteiger partial charge in [0.05, 0.1) is 17.6 Å². The minimum Gasteiger partial charge on any atom is -0.490 e. The average Bonchev–Trinajstić information content (AvgIpc) is 2.87. The number of hydrogen-bond donors (Lipinski definition) is 1. The summed E-state index contributed by atoms with van der Waals surface area (Å²) in [5.41, 5.74) is -5.83. The van der Waals surface area contributed by atoms with Crippen LogP contribution in [0.1, 0.15) is 44.9 Å². The van der Waals surface area contributed by atoms with Crippen LogP contribution in [0.25, 0.3) is 10.8 Å². The van der Waals surface area contributed by atoms with Gasteiger partial charge in [0, 0.05) is 16.3 Å². The number of fused-ring (bicyclic) bond motifs is 1. The van der Waals surface area contributed by atoms with Crippen LogP contribution in [0.2, 0.25) is 0 Å². The minimum absolute atomic E-state index is 0.0387. The molecule has 2 aromatic rings. The number of hydrogen-bond acceptors (Lipinski definition) is 7. The molecule has 17 heteroatoms. The summed E-state index contributed by atoms with van der Waals surface area (Å²) in [5.74, 6) is 2.35. The molecule has 0 amide bonds. The Kier molecular flexibility index (Phi) is 9.63. The number of halogens is 6. The molecule has 2 aliphatic rings.